The third-order valence-corrected chi connectivity index (χ3v) is 4.46. The minimum absolute atomic E-state index is 0.0151. The molecule has 1 heterocycles. The lowest BCUT2D eigenvalue weighted by Crippen LogP contribution is -2.45. The fourth-order valence-electron chi connectivity index (χ4n) is 2.52. The highest BCUT2D eigenvalue weighted by molar-refractivity contribution is 7.98. The van der Waals surface area contributed by atoms with Crippen LogP contribution in [0.15, 0.2) is 0 Å². The normalized spacial score (nSPS) is 18.1. The number of carbonyl (C=O) groups is 1. The zero-order valence-corrected chi connectivity index (χ0v) is 13.4. The molecule has 3 nitrogen and oxygen atoms in total. The SMILES string of the molecule is CSCCCCCNC(C)C(=O)N1CCCCCC1. The first-order chi connectivity index (χ1) is 9.25. The molecule has 1 atom stereocenters. The average molecular weight is 286 g/mol. The van der Waals surface area contributed by atoms with Crippen molar-refractivity contribution in [2.24, 2.45) is 0 Å². The first-order valence-corrected chi connectivity index (χ1v) is 9.16. The molecule has 0 aromatic carbocycles. The molecule has 0 aromatic rings. The van der Waals surface area contributed by atoms with E-state index < -0.39 is 0 Å². The van der Waals surface area contributed by atoms with E-state index in [-0.39, 0.29) is 6.04 Å². The Labute approximate surface area is 122 Å². The van der Waals surface area contributed by atoms with Gasteiger partial charge in [-0.25, -0.2) is 0 Å². The average Bonchev–Trinajstić information content (AvgIpc) is 2.70. The van der Waals surface area contributed by atoms with Gasteiger partial charge in [-0.3, -0.25) is 4.79 Å². The van der Waals surface area contributed by atoms with Crippen molar-refractivity contribution in [1.29, 1.82) is 0 Å². The molecule has 112 valence electrons. The van der Waals surface area contributed by atoms with Gasteiger partial charge in [0.2, 0.25) is 5.91 Å². The number of likely N-dealkylation sites (tertiary alicyclic amines) is 1. The molecule has 1 amide bonds. The second-order valence-corrected chi connectivity index (χ2v) is 6.45. The van der Waals surface area contributed by atoms with Crippen LogP contribution in [0.5, 0.6) is 0 Å². The van der Waals surface area contributed by atoms with Gasteiger partial charge < -0.3 is 10.2 Å². The molecule has 0 spiro atoms. The summed E-state index contributed by atoms with van der Waals surface area (Å²) in [6.45, 7) is 4.89. The van der Waals surface area contributed by atoms with Crippen LogP contribution in [0.4, 0.5) is 0 Å². The zero-order valence-electron chi connectivity index (χ0n) is 12.6. The van der Waals surface area contributed by atoms with Gasteiger partial charge in [0, 0.05) is 13.1 Å². The molecule has 1 aliphatic rings. The Morgan fingerprint density at radius 2 is 1.84 bits per heavy atom. The number of thioether (sulfide) groups is 1. The van der Waals surface area contributed by atoms with Crippen LogP contribution < -0.4 is 5.32 Å². The van der Waals surface area contributed by atoms with E-state index in [1.807, 2.05) is 18.7 Å². The van der Waals surface area contributed by atoms with E-state index in [0.717, 1.165) is 19.6 Å². The van der Waals surface area contributed by atoms with Crippen LogP contribution in [0.3, 0.4) is 0 Å². The first kappa shape index (κ1) is 16.8. The number of rotatable bonds is 8. The quantitative estimate of drug-likeness (QED) is 0.696. The number of carbonyl (C=O) groups excluding carboxylic acids is 1. The summed E-state index contributed by atoms with van der Waals surface area (Å²) in [6, 6.07) is -0.0151. The third kappa shape index (κ3) is 7.21. The Bertz CT molecular complexity index is 240. The Morgan fingerprint density at radius 3 is 2.47 bits per heavy atom. The van der Waals surface area contributed by atoms with E-state index in [2.05, 4.69) is 16.5 Å². The van der Waals surface area contributed by atoms with Crippen LogP contribution in [0.25, 0.3) is 0 Å². The van der Waals surface area contributed by atoms with Crippen LogP contribution in [-0.2, 0) is 4.79 Å². The molecule has 1 fully saturated rings. The maximum atomic E-state index is 12.3. The van der Waals surface area contributed by atoms with Crippen molar-refractivity contribution in [1.82, 2.24) is 10.2 Å². The molecule has 1 unspecified atom stereocenters. The van der Waals surface area contributed by atoms with E-state index in [1.54, 1.807) is 0 Å². The molecule has 19 heavy (non-hydrogen) atoms. The minimum Gasteiger partial charge on any atom is -0.341 e. The number of amides is 1. The first-order valence-electron chi connectivity index (χ1n) is 7.77. The van der Waals surface area contributed by atoms with E-state index in [9.17, 15) is 4.79 Å². The van der Waals surface area contributed by atoms with Gasteiger partial charge in [0.15, 0.2) is 0 Å². The molecule has 0 radical (unpaired) electrons. The number of hydrogen-bond acceptors (Lipinski definition) is 3. The van der Waals surface area contributed by atoms with Crippen molar-refractivity contribution in [3.63, 3.8) is 0 Å². The van der Waals surface area contributed by atoms with Crippen LogP contribution >= 0.6 is 11.8 Å². The molecule has 1 rings (SSSR count). The summed E-state index contributed by atoms with van der Waals surface area (Å²) in [5.41, 5.74) is 0. The monoisotopic (exact) mass is 286 g/mol. The van der Waals surface area contributed by atoms with Crippen LogP contribution in [-0.4, -0.2) is 48.5 Å². The summed E-state index contributed by atoms with van der Waals surface area (Å²) in [6.07, 6.45) is 10.8. The van der Waals surface area contributed by atoms with Crippen LogP contribution in [0.2, 0.25) is 0 Å². The van der Waals surface area contributed by atoms with Crippen LogP contribution in [0, 0.1) is 0 Å². The number of unbranched alkanes of at least 4 members (excludes halogenated alkanes) is 2. The van der Waals surface area contributed by atoms with Crippen LogP contribution in [0.1, 0.15) is 51.9 Å². The molecule has 1 N–H and O–H groups in total. The van der Waals surface area contributed by atoms with Crippen molar-refractivity contribution in [2.75, 3.05) is 31.6 Å². The smallest absolute Gasteiger partial charge is 0.239 e. The largest absolute Gasteiger partial charge is 0.341 e. The fourth-order valence-corrected chi connectivity index (χ4v) is 3.01. The molecule has 0 saturated carbocycles. The Balaban J connectivity index is 2.13. The molecule has 0 aliphatic carbocycles. The fraction of sp³-hybridized carbons (Fsp3) is 0.933. The van der Waals surface area contributed by atoms with Gasteiger partial charge in [-0.15, -0.1) is 0 Å². The van der Waals surface area contributed by atoms with E-state index >= 15 is 0 Å². The topological polar surface area (TPSA) is 32.3 Å². The summed E-state index contributed by atoms with van der Waals surface area (Å²) < 4.78 is 0. The maximum absolute atomic E-state index is 12.3. The van der Waals surface area contributed by atoms with E-state index in [4.69, 9.17) is 0 Å². The summed E-state index contributed by atoms with van der Waals surface area (Å²) in [4.78, 5) is 14.3. The maximum Gasteiger partial charge on any atom is 0.239 e. The molecule has 0 bridgehead atoms. The minimum atomic E-state index is -0.0151. The molecular weight excluding hydrogens is 256 g/mol. The highest BCUT2D eigenvalue weighted by atomic mass is 32.2. The van der Waals surface area contributed by atoms with Crippen molar-refractivity contribution in [3.8, 4) is 0 Å². The van der Waals surface area contributed by atoms with E-state index in [1.165, 1.54) is 50.7 Å². The van der Waals surface area contributed by atoms with Gasteiger partial charge in [-0.2, -0.15) is 11.8 Å². The van der Waals surface area contributed by atoms with Gasteiger partial charge in [-0.1, -0.05) is 19.3 Å². The van der Waals surface area contributed by atoms with Crippen molar-refractivity contribution >= 4 is 17.7 Å². The zero-order chi connectivity index (χ0) is 13.9. The van der Waals surface area contributed by atoms with Gasteiger partial charge in [0.25, 0.3) is 0 Å². The Kier molecular flexibility index (Phi) is 9.35. The molecule has 1 saturated heterocycles. The molecule has 1 aliphatic heterocycles. The lowest BCUT2D eigenvalue weighted by atomic mass is 10.2. The summed E-state index contributed by atoms with van der Waals surface area (Å²) in [7, 11) is 0. The van der Waals surface area contributed by atoms with E-state index in [0.29, 0.717) is 5.91 Å². The van der Waals surface area contributed by atoms with Crippen molar-refractivity contribution in [3.05, 3.63) is 0 Å². The summed E-state index contributed by atoms with van der Waals surface area (Å²) in [5.74, 6) is 1.55. The highest BCUT2D eigenvalue weighted by Crippen LogP contribution is 2.10. The predicted octanol–water partition coefficient (Wildman–Crippen LogP) is 2.90. The van der Waals surface area contributed by atoms with Crippen molar-refractivity contribution < 1.29 is 4.79 Å². The Morgan fingerprint density at radius 1 is 1.16 bits per heavy atom. The second-order valence-electron chi connectivity index (χ2n) is 5.47. The standard InChI is InChI=1S/C15H30N2OS/c1-14(16-10-6-5-9-13-19-2)15(18)17-11-7-3-4-8-12-17/h14,16H,3-13H2,1-2H3. The molecule has 4 heteroatoms. The van der Waals surface area contributed by atoms with Gasteiger partial charge in [0.1, 0.15) is 0 Å². The third-order valence-electron chi connectivity index (χ3n) is 3.76. The van der Waals surface area contributed by atoms with Gasteiger partial charge in [0.05, 0.1) is 6.04 Å². The lowest BCUT2D eigenvalue weighted by molar-refractivity contribution is -0.133. The lowest BCUT2D eigenvalue weighted by Gasteiger charge is -2.24. The van der Waals surface area contributed by atoms with Gasteiger partial charge >= 0.3 is 0 Å². The predicted molar refractivity (Wildman–Crippen MR) is 84.7 cm³/mol. The Hall–Kier alpha value is -0.220. The van der Waals surface area contributed by atoms with Gasteiger partial charge in [-0.05, 0) is 51.2 Å². The number of nitrogens with zero attached hydrogens (tertiary/aromatic N) is 1. The summed E-state index contributed by atoms with van der Waals surface area (Å²) >= 11 is 1.91. The second kappa shape index (κ2) is 10.6. The highest BCUT2D eigenvalue weighted by Gasteiger charge is 2.20. The number of nitrogens with one attached hydrogen (secondary N) is 1. The molecule has 0 aromatic heterocycles. The molecular formula is C15H30N2OS. The van der Waals surface area contributed by atoms with Crippen molar-refractivity contribution in [2.45, 2.75) is 57.9 Å². The summed E-state index contributed by atoms with van der Waals surface area (Å²) in [5, 5.41) is 3.38. The number of hydrogen-bond donors (Lipinski definition) is 1.